The SMILES string of the molecule is CCCNC(c1ccc(Cl)cc1F)C(C)CC. The molecule has 0 bridgehead atoms. The Hall–Kier alpha value is -0.600. The summed E-state index contributed by atoms with van der Waals surface area (Å²) in [7, 11) is 0. The van der Waals surface area contributed by atoms with Crippen LogP contribution in [0.4, 0.5) is 4.39 Å². The van der Waals surface area contributed by atoms with E-state index in [2.05, 4.69) is 26.1 Å². The quantitative estimate of drug-likeness (QED) is 0.787. The molecule has 96 valence electrons. The van der Waals surface area contributed by atoms with Gasteiger partial charge >= 0.3 is 0 Å². The molecule has 1 N–H and O–H groups in total. The number of benzene rings is 1. The van der Waals surface area contributed by atoms with E-state index in [1.807, 2.05) is 0 Å². The van der Waals surface area contributed by atoms with Crippen molar-refractivity contribution in [3.63, 3.8) is 0 Å². The highest BCUT2D eigenvalue weighted by Crippen LogP contribution is 2.28. The van der Waals surface area contributed by atoms with Crippen LogP contribution < -0.4 is 5.32 Å². The van der Waals surface area contributed by atoms with Gasteiger partial charge in [0.2, 0.25) is 0 Å². The van der Waals surface area contributed by atoms with Crippen molar-refractivity contribution >= 4 is 11.6 Å². The molecule has 17 heavy (non-hydrogen) atoms. The number of rotatable bonds is 6. The van der Waals surface area contributed by atoms with Gasteiger partial charge in [0.05, 0.1) is 0 Å². The van der Waals surface area contributed by atoms with E-state index < -0.39 is 0 Å². The van der Waals surface area contributed by atoms with Crippen molar-refractivity contribution in [1.29, 1.82) is 0 Å². The molecule has 2 unspecified atom stereocenters. The van der Waals surface area contributed by atoms with Gasteiger partial charge in [-0.05, 0) is 31.0 Å². The summed E-state index contributed by atoms with van der Waals surface area (Å²) in [4.78, 5) is 0. The second-order valence-electron chi connectivity index (χ2n) is 4.48. The first-order chi connectivity index (χ1) is 8.10. The standard InChI is InChI=1S/C14H21ClFN/c1-4-8-17-14(10(3)5-2)12-7-6-11(15)9-13(12)16/h6-7,9-10,14,17H,4-5,8H2,1-3H3. The van der Waals surface area contributed by atoms with Gasteiger partial charge < -0.3 is 5.32 Å². The molecule has 1 aromatic carbocycles. The molecule has 0 aromatic heterocycles. The van der Waals surface area contributed by atoms with E-state index in [1.54, 1.807) is 12.1 Å². The van der Waals surface area contributed by atoms with Crippen LogP contribution in [0.5, 0.6) is 0 Å². The Morgan fingerprint density at radius 2 is 2.06 bits per heavy atom. The molecule has 0 aliphatic carbocycles. The van der Waals surface area contributed by atoms with Gasteiger partial charge in [0, 0.05) is 16.6 Å². The Bertz CT molecular complexity index is 354. The molecule has 1 rings (SSSR count). The highest BCUT2D eigenvalue weighted by atomic mass is 35.5. The molecule has 1 nitrogen and oxygen atoms in total. The van der Waals surface area contributed by atoms with Gasteiger partial charge in [-0.15, -0.1) is 0 Å². The van der Waals surface area contributed by atoms with E-state index in [4.69, 9.17) is 11.6 Å². The summed E-state index contributed by atoms with van der Waals surface area (Å²) in [5, 5.41) is 3.86. The first-order valence-electron chi connectivity index (χ1n) is 6.28. The molecule has 3 heteroatoms. The summed E-state index contributed by atoms with van der Waals surface area (Å²) in [5.41, 5.74) is 0.720. The van der Waals surface area contributed by atoms with Gasteiger partial charge in [0.25, 0.3) is 0 Å². The van der Waals surface area contributed by atoms with Crippen LogP contribution in [0.1, 0.15) is 45.2 Å². The molecule has 0 aliphatic heterocycles. The lowest BCUT2D eigenvalue weighted by Crippen LogP contribution is -2.28. The average molecular weight is 258 g/mol. The summed E-state index contributed by atoms with van der Waals surface area (Å²) >= 11 is 5.78. The van der Waals surface area contributed by atoms with E-state index in [0.29, 0.717) is 10.9 Å². The maximum Gasteiger partial charge on any atom is 0.129 e. The lowest BCUT2D eigenvalue weighted by Gasteiger charge is -2.25. The number of hydrogen-bond donors (Lipinski definition) is 1. The molecule has 0 radical (unpaired) electrons. The smallest absolute Gasteiger partial charge is 0.129 e. The van der Waals surface area contributed by atoms with Gasteiger partial charge in [0.15, 0.2) is 0 Å². The van der Waals surface area contributed by atoms with Crippen LogP contribution in [-0.2, 0) is 0 Å². The molecule has 0 fully saturated rings. The maximum atomic E-state index is 13.9. The van der Waals surface area contributed by atoms with Crippen LogP contribution in [0, 0.1) is 11.7 Å². The third kappa shape index (κ3) is 3.97. The number of hydrogen-bond acceptors (Lipinski definition) is 1. The molecular weight excluding hydrogens is 237 g/mol. The lowest BCUT2D eigenvalue weighted by atomic mass is 9.92. The highest BCUT2D eigenvalue weighted by molar-refractivity contribution is 6.30. The van der Waals surface area contributed by atoms with Crippen molar-refractivity contribution in [1.82, 2.24) is 5.32 Å². The minimum absolute atomic E-state index is 0.0669. The molecular formula is C14H21ClFN. The zero-order valence-corrected chi connectivity index (χ0v) is 11.5. The maximum absolute atomic E-state index is 13.9. The summed E-state index contributed by atoms with van der Waals surface area (Å²) < 4.78 is 13.9. The van der Waals surface area contributed by atoms with Gasteiger partial charge in [0.1, 0.15) is 5.82 Å². The normalized spacial score (nSPS) is 14.6. The Kier molecular flexibility index (Phi) is 5.93. The Balaban J connectivity index is 2.95. The number of nitrogens with one attached hydrogen (secondary N) is 1. The summed E-state index contributed by atoms with van der Waals surface area (Å²) in [5.74, 6) is 0.184. The van der Waals surface area contributed by atoms with E-state index in [9.17, 15) is 4.39 Å². The molecule has 0 saturated heterocycles. The van der Waals surface area contributed by atoms with Gasteiger partial charge in [-0.2, -0.15) is 0 Å². The van der Waals surface area contributed by atoms with Crippen molar-refractivity contribution in [3.05, 3.63) is 34.6 Å². The minimum atomic E-state index is -0.216. The zero-order valence-electron chi connectivity index (χ0n) is 10.8. The van der Waals surface area contributed by atoms with E-state index in [0.717, 1.165) is 24.9 Å². The Morgan fingerprint density at radius 1 is 1.35 bits per heavy atom. The average Bonchev–Trinajstić information content (AvgIpc) is 2.31. The molecule has 0 spiro atoms. The van der Waals surface area contributed by atoms with Gasteiger partial charge in [-0.25, -0.2) is 4.39 Å². The Morgan fingerprint density at radius 3 is 2.59 bits per heavy atom. The molecule has 2 atom stereocenters. The van der Waals surface area contributed by atoms with Crippen LogP contribution in [0.3, 0.4) is 0 Å². The molecule has 1 aromatic rings. The van der Waals surface area contributed by atoms with Crippen LogP contribution in [0.15, 0.2) is 18.2 Å². The summed E-state index contributed by atoms with van der Waals surface area (Å²) in [6, 6.07) is 5.00. The first-order valence-corrected chi connectivity index (χ1v) is 6.66. The second-order valence-corrected chi connectivity index (χ2v) is 4.92. The predicted molar refractivity (Wildman–Crippen MR) is 71.9 cm³/mol. The van der Waals surface area contributed by atoms with Crippen LogP contribution in [0.25, 0.3) is 0 Å². The monoisotopic (exact) mass is 257 g/mol. The van der Waals surface area contributed by atoms with E-state index in [-0.39, 0.29) is 11.9 Å². The summed E-state index contributed by atoms with van der Waals surface area (Å²) in [6.45, 7) is 7.27. The molecule has 0 amide bonds. The van der Waals surface area contributed by atoms with Gasteiger partial charge in [-0.1, -0.05) is 44.9 Å². The van der Waals surface area contributed by atoms with Crippen molar-refractivity contribution < 1.29 is 4.39 Å². The third-order valence-electron chi connectivity index (χ3n) is 3.12. The topological polar surface area (TPSA) is 12.0 Å². The molecule has 0 heterocycles. The fourth-order valence-electron chi connectivity index (χ4n) is 1.91. The Labute approximate surface area is 108 Å². The van der Waals surface area contributed by atoms with E-state index in [1.165, 1.54) is 6.07 Å². The second kappa shape index (κ2) is 6.97. The fourth-order valence-corrected chi connectivity index (χ4v) is 2.07. The van der Waals surface area contributed by atoms with Crippen molar-refractivity contribution in [2.24, 2.45) is 5.92 Å². The zero-order chi connectivity index (χ0) is 12.8. The van der Waals surface area contributed by atoms with Crippen LogP contribution in [0.2, 0.25) is 5.02 Å². The fraction of sp³-hybridized carbons (Fsp3) is 0.571. The van der Waals surface area contributed by atoms with Crippen LogP contribution >= 0.6 is 11.6 Å². The number of halogens is 2. The largest absolute Gasteiger partial charge is 0.310 e. The highest BCUT2D eigenvalue weighted by Gasteiger charge is 2.20. The van der Waals surface area contributed by atoms with Crippen molar-refractivity contribution in [2.45, 2.75) is 39.7 Å². The van der Waals surface area contributed by atoms with E-state index >= 15 is 0 Å². The molecule has 0 aliphatic rings. The molecule has 0 saturated carbocycles. The minimum Gasteiger partial charge on any atom is -0.310 e. The van der Waals surface area contributed by atoms with Crippen LogP contribution in [-0.4, -0.2) is 6.54 Å². The van der Waals surface area contributed by atoms with Crippen molar-refractivity contribution in [3.8, 4) is 0 Å². The first kappa shape index (κ1) is 14.5. The summed E-state index contributed by atoms with van der Waals surface area (Å²) in [6.07, 6.45) is 2.06. The predicted octanol–water partition coefficient (Wildman–Crippen LogP) is 4.57. The van der Waals surface area contributed by atoms with Gasteiger partial charge in [-0.3, -0.25) is 0 Å². The third-order valence-corrected chi connectivity index (χ3v) is 3.36. The lowest BCUT2D eigenvalue weighted by molar-refractivity contribution is 0.366. The van der Waals surface area contributed by atoms with Crippen molar-refractivity contribution in [2.75, 3.05) is 6.54 Å².